The summed E-state index contributed by atoms with van der Waals surface area (Å²) in [5, 5.41) is 7.23. The van der Waals surface area contributed by atoms with E-state index in [-0.39, 0.29) is 25.6 Å². The summed E-state index contributed by atoms with van der Waals surface area (Å²) >= 11 is 1.25. The standard InChI is InChI=1S/C29H38F4N3OPS/c1-5-36-15-13-23(22(30)18-36)35-25-9-6-8-20-21(17-29(31,32)33)27(39-28(20)25)10-7-14-34-24-12-11-19(38(3)4)16-26(24)37-2/h6,8-9,16,19,22-24,34-35H,5,11-15,17-18H2,1-4H3. The second-order valence-electron chi connectivity index (χ2n) is 10.4. The molecule has 0 spiro atoms. The quantitative estimate of drug-likeness (QED) is 0.209. The van der Waals surface area contributed by atoms with Gasteiger partial charge in [-0.15, -0.1) is 19.3 Å². The van der Waals surface area contributed by atoms with E-state index in [1.165, 1.54) is 11.3 Å². The number of rotatable bonds is 8. The Morgan fingerprint density at radius 1 is 1.21 bits per heavy atom. The second-order valence-corrected chi connectivity index (χ2v) is 14.1. The van der Waals surface area contributed by atoms with Crippen LogP contribution in [-0.2, 0) is 11.2 Å². The Morgan fingerprint density at radius 2 is 2.00 bits per heavy atom. The molecule has 4 nitrogen and oxygen atoms in total. The molecule has 2 aromatic rings. The Balaban J connectivity index is 1.55. The number of hydrogen-bond acceptors (Lipinski definition) is 5. The van der Waals surface area contributed by atoms with Crippen LogP contribution < -0.4 is 10.6 Å². The van der Waals surface area contributed by atoms with E-state index < -0.39 is 18.8 Å². The Kier molecular flexibility index (Phi) is 10.2. The van der Waals surface area contributed by atoms with Crippen molar-refractivity contribution in [1.82, 2.24) is 10.2 Å². The van der Waals surface area contributed by atoms with Crippen molar-refractivity contribution in [2.75, 3.05) is 51.9 Å². The van der Waals surface area contributed by atoms with Crippen LogP contribution in [0, 0.1) is 11.8 Å². The van der Waals surface area contributed by atoms with E-state index in [2.05, 4.69) is 46.8 Å². The van der Waals surface area contributed by atoms with Gasteiger partial charge in [0.2, 0.25) is 0 Å². The smallest absolute Gasteiger partial charge is 0.393 e. The van der Waals surface area contributed by atoms with Crippen molar-refractivity contribution >= 4 is 35.0 Å². The molecule has 4 rings (SSSR count). The minimum atomic E-state index is -4.36. The zero-order valence-corrected chi connectivity index (χ0v) is 24.7. The van der Waals surface area contributed by atoms with E-state index in [0.717, 1.165) is 31.7 Å². The Hall–Kier alpha value is -1.85. The van der Waals surface area contributed by atoms with Gasteiger partial charge in [0.25, 0.3) is 0 Å². The zero-order valence-electron chi connectivity index (χ0n) is 23.0. The van der Waals surface area contributed by atoms with Crippen LogP contribution in [0.2, 0.25) is 0 Å². The van der Waals surface area contributed by atoms with Gasteiger partial charge in [0.1, 0.15) is 11.9 Å². The van der Waals surface area contributed by atoms with Gasteiger partial charge in [-0.25, -0.2) is 4.39 Å². The van der Waals surface area contributed by atoms with Crippen LogP contribution in [0.4, 0.5) is 23.2 Å². The first-order chi connectivity index (χ1) is 18.6. The van der Waals surface area contributed by atoms with Gasteiger partial charge < -0.3 is 15.0 Å². The fraction of sp³-hybridized carbons (Fsp3) is 0.586. The first-order valence-electron chi connectivity index (χ1n) is 13.5. The van der Waals surface area contributed by atoms with Crippen LogP contribution in [0.3, 0.4) is 0 Å². The molecule has 0 saturated carbocycles. The average molecular weight is 584 g/mol. The summed E-state index contributed by atoms with van der Waals surface area (Å²) in [6.45, 7) is 8.83. The predicted molar refractivity (Wildman–Crippen MR) is 156 cm³/mol. The molecule has 0 radical (unpaired) electrons. The second kappa shape index (κ2) is 13.2. The first-order valence-corrected chi connectivity index (χ1v) is 16.6. The van der Waals surface area contributed by atoms with E-state index >= 15 is 0 Å². The molecule has 4 atom stereocenters. The van der Waals surface area contributed by atoms with Crippen LogP contribution in [0.1, 0.15) is 36.6 Å². The van der Waals surface area contributed by atoms with E-state index in [1.807, 2.05) is 13.0 Å². The molecule has 0 bridgehead atoms. The van der Waals surface area contributed by atoms with E-state index in [1.54, 1.807) is 19.2 Å². The number of halogens is 4. The summed E-state index contributed by atoms with van der Waals surface area (Å²) in [5.74, 6) is 6.98. The number of nitrogens with one attached hydrogen (secondary N) is 2. The predicted octanol–water partition coefficient (Wildman–Crippen LogP) is 6.59. The monoisotopic (exact) mass is 583 g/mol. The normalized spacial score (nSPS) is 24.4. The number of anilines is 1. The van der Waals surface area contributed by atoms with Crippen LogP contribution in [-0.4, -0.2) is 81.6 Å². The minimum Gasteiger partial charge on any atom is -0.500 e. The van der Waals surface area contributed by atoms with E-state index in [9.17, 15) is 17.6 Å². The summed E-state index contributed by atoms with van der Waals surface area (Å²) in [7, 11) is 1.59. The third kappa shape index (κ3) is 7.67. The van der Waals surface area contributed by atoms with Gasteiger partial charge in [0.15, 0.2) is 0 Å². The van der Waals surface area contributed by atoms with E-state index in [4.69, 9.17) is 4.74 Å². The number of piperidine rings is 1. The highest BCUT2D eigenvalue weighted by atomic mass is 32.1. The maximum Gasteiger partial charge on any atom is 0.393 e. The topological polar surface area (TPSA) is 36.5 Å². The van der Waals surface area contributed by atoms with Crippen molar-refractivity contribution in [3.63, 3.8) is 0 Å². The Bertz CT molecular complexity index is 1220. The lowest BCUT2D eigenvalue weighted by Crippen LogP contribution is -2.47. The largest absolute Gasteiger partial charge is 0.500 e. The molecule has 0 amide bonds. The molecular formula is C29H38F4N3OPS. The third-order valence-electron chi connectivity index (χ3n) is 7.60. The summed E-state index contributed by atoms with van der Waals surface area (Å²) in [6.07, 6.45) is -1.59. The van der Waals surface area contributed by atoms with Crippen molar-refractivity contribution in [2.24, 2.45) is 0 Å². The fourth-order valence-corrected chi connectivity index (χ4v) is 7.65. The molecule has 1 aliphatic carbocycles. The Labute approximate surface area is 234 Å². The highest BCUT2D eigenvalue weighted by Gasteiger charge is 2.32. The van der Waals surface area contributed by atoms with Crippen LogP contribution in [0.5, 0.6) is 0 Å². The molecule has 1 aliphatic heterocycles. The van der Waals surface area contributed by atoms with Crippen LogP contribution >= 0.6 is 19.3 Å². The zero-order chi connectivity index (χ0) is 28.2. The van der Waals surface area contributed by atoms with Gasteiger partial charge in [-0.3, -0.25) is 5.32 Å². The molecule has 214 valence electrons. The van der Waals surface area contributed by atoms with Gasteiger partial charge in [-0.1, -0.05) is 30.9 Å². The number of thiophene rings is 1. The SMILES string of the molecule is CCN1CCC(Nc2cccc3c(CC(F)(F)F)c(C#CCNC4CCC(P(C)C)C=C4OC)sc23)C(F)C1. The molecule has 2 aliphatic rings. The Morgan fingerprint density at radius 3 is 2.67 bits per heavy atom. The number of alkyl halides is 4. The van der Waals surface area contributed by atoms with Crippen molar-refractivity contribution in [2.45, 2.75) is 62.7 Å². The molecule has 4 unspecified atom stereocenters. The number of allylic oxidation sites excluding steroid dienone is 1. The maximum absolute atomic E-state index is 14.9. The minimum absolute atomic E-state index is 0.0520. The lowest BCUT2D eigenvalue weighted by molar-refractivity contribution is -0.126. The first kappa shape index (κ1) is 30.1. The molecule has 10 heteroatoms. The summed E-state index contributed by atoms with van der Waals surface area (Å²) in [6, 6.07) is 4.94. The van der Waals surface area contributed by atoms with Crippen molar-refractivity contribution in [3.8, 4) is 11.8 Å². The van der Waals surface area contributed by atoms with Gasteiger partial charge in [-0.05, 0) is 62.2 Å². The van der Waals surface area contributed by atoms with Gasteiger partial charge in [-0.2, -0.15) is 13.2 Å². The maximum atomic E-state index is 14.9. The van der Waals surface area contributed by atoms with Crippen LogP contribution in [0.15, 0.2) is 30.0 Å². The fourth-order valence-electron chi connectivity index (χ4n) is 5.37. The number of ether oxygens (including phenoxy) is 1. The van der Waals surface area contributed by atoms with Gasteiger partial charge in [0, 0.05) is 18.7 Å². The number of methoxy groups -OCH3 is 1. The molecule has 1 aromatic heterocycles. The van der Waals surface area contributed by atoms with Crippen LogP contribution in [0.25, 0.3) is 10.1 Å². The molecule has 2 heterocycles. The van der Waals surface area contributed by atoms with Crippen molar-refractivity contribution < 1.29 is 22.3 Å². The number of likely N-dealkylation sites (tertiary alicyclic amines) is 1. The number of hydrogen-bond donors (Lipinski definition) is 2. The van der Waals surface area contributed by atoms with Gasteiger partial charge in [0.05, 0.1) is 47.4 Å². The molecule has 1 aromatic carbocycles. The number of nitrogens with zero attached hydrogens (tertiary/aromatic N) is 1. The third-order valence-corrected chi connectivity index (χ3v) is 10.5. The summed E-state index contributed by atoms with van der Waals surface area (Å²) in [5.41, 5.74) is 1.40. The number of benzene rings is 1. The molecule has 39 heavy (non-hydrogen) atoms. The van der Waals surface area contributed by atoms with Crippen molar-refractivity contribution in [1.29, 1.82) is 0 Å². The highest BCUT2D eigenvalue weighted by Crippen LogP contribution is 2.41. The summed E-state index contributed by atoms with van der Waals surface area (Å²) in [4.78, 5) is 2.48. The highest BCUT2D eigenvalue weighted by molar-refractivity contribution is 7.57. The van der Waals surface area contributed by atoms with Crippen molar-refractivity contribution in [3.05, 3.63) is 40.5 Å². The average Bonchev–Trinajstić information content (AvgIpc) is 3.24. The molecular weight excluding hydrogens is 545 g/mol. The van der Waals surface area contributed by atoms with E-state index in [0.29, 0.717) is 45.8 Å². The lowest BCUT2D eigenvalue weighted by Gasteiger charge is -2.35. The molecule has 2 N–H and O–H groups in total. The van der Waals surface area contributed by atoms with Gasteiger partial charge >= 0.3 is 6.18 Å². The number of fused-ring (bicyclic) bond motifs is 1. The lowest BCUT2D eigenvalue weighted by atomic mass is 10.0. The molecule has 1 saturated heterocycles. The molecule has 1 fully saturated rings. The summed E-state index contributed by atoms with van der Waals surface area (Å²) < 4.78 is 61.9.